The number of likely N-dealkylation sites (N-methyl/N-ethyl adjacent to an activating group) is 1. The molecule has 2 amide bonds. The van der Waals surface area contributed by atoms with E-state index >= 15 is 0 Å². The zero-order valence-corrected chi connectivity index (χ0v) is 24.1. The van der Waals surface area contributed by atoms with E-state index in [0.717, 1.165) is 15.4 Å². The Morgan fingerprint density at radius 1 is 0.947 bits per heavy atom. The van der Waals surface area contributed by atoms with Gasteiger partial charge in [0.25, 0.3) is 10.0 Å². The van der Waals surface area contributed by atoms with E-state index in [-0.39, 0.29) is 23.0 Å². The van der Waals surface area contributed by atoms with Crippen LogP contribution >= 0.6 is 23.2 Å². The highest BCUT2D eigenvalue weighted by molar-refractivity contribution is 7.92. The minimum absolute atomic E-state index is 0.0253. The van der Waals surface area contributed by atoms with Crippen molar-refractivity contribution in [3.8, 4) is 0 Å². The van der Waals surface area contributed by atoms with Gasteiger partial charge >= 0.3 is 0 Å². The third-order valence-electron chi connectivity index (χ3n) is 6.26. The van der Waals surface area contributed by atoms with Crippen molar-refractivity contribution in [2.75, 3.05) is 17.9 Å². The molecule has 0 spiro atoms. The number of hydrogen-bond donors (Lipinski definition) is 1. The number of sulfonamides is 1. The molecule has 0 aromatic heterocycles. The van der Waals surface area contributed by atoms with Crippen molar-refractivity contribution in [2.45, 2.75) is 44.7 Å². The highest BCUT2D eigenvalue weighted by atomic mass is 35.5. The number of anilines is 1. The lowest BCUT2D eigenvalue weighted by Gasteiger charge is -2.33. The molecule has 0 fully saturated rings. The molecule has 3 aromatic rings. The molecule has 7 nitrogen and oxygen atoms in total. The first kappa shape index (κ1) is 29.5. The van der Waals surface area contributed by atoms with Gasteiger partial charge in [-0.1, -0.05) is 72.1 Å². The summed E-state index contributed by atoms with van der Waals surface area (Å²) < 4.78 is 28.7. The van der Waals surface area contributed by atoms with E-state index in [0.29, 0.717) is 22.0 Å². The molecule has 0 unspecified atom stereocenters. The molecule has 1 N–H and O–H groups in total. The highest BCUT2D eigenvalue weighted by Crippen LogP contribution is 2.29. The summed E-state index contributed by atoms with van der Waals surface area (Å²) in [5.74, 6) is -0.924. The van der Waals surface area contributed by atoms with Crippen molar-refractivity contribution in [3.63, 3.8) is 0 Å². The molecule has 0 saturated carbocycles. The van der Waals surface area contributed by atoms with Crippen LogP contribution in [0.1, 0.15) is 30.0 Å². The van der Waals surface area contributed by atoms with E-state index in [2.05, 4.69) is 5.32 Å². The van der Waals surface area contributed by atoms with Gasteiger partial charge in [0, 0.05) is 23.6 Å². The molecule has 0 heterocycles. The van der Waals surface area contributed by atoms with Gasteiger partial charge in [0.2, 0.25) is 11.8 Å². The fourth-order valence-electron chi connectivity index (χ4n) is 4.00. The van der Waals surface area contributed by atoms with Gasteiger partial charge in [0.15, 0.2) is 0 Å². The molecule has 3 rings (SSSR count). The lowest BCUT2D eigenvalue weighted by atomic mass is 10.1. The molecule has 38 heavy (non-hydrogen) atoms. The van der Waals surface area contributed by atoms with Crippen molar-refractivity contribution in [1.29, 1.82) is 0 Å². The number of carbonyl (C=O) groups excluding carboxylic acids is 2. The molecule has 0 aliphatic heterocycles. The average Bonchev–Trinajstić information content (AvgIpc) is 2.89. The van der Waals surface area contributed by atoms with Crippen LogP contribution in [0.5, 0.6) is 0 Å². The van der Waals surface area contributed by atoms with E-state index < -0.39 is 28.5 Å². The second-order valence-corrected chi connectivity index (χ2v) is 11.6. The van der Waals surface area contributed by atoms with Crippen molar-refractivity contribution in [1.82, 2.24) is 10.2 Å². The number of rotatable bonds is 10. The predicted octanol–water partition coefficient (Wildman–Crippen LogP) is 5.36. The standard InChI is InChI=1S/C28H31Cl2N3O4S/c1-5-26(28(35)31-4)32(17-21-8-6-7-9-24(21)29)27(34)18-33(22-13-12-20(3)25(30)16-22)38(36,37)23-14-10-19(2)11-15-23/h6-16,26H,5,17-18H2,1-4H3,(H,31,35)/t26-/m1/s1. The summed E-state index contributed by atoms with van der Waals surface area (Å²) in [6.07, 6.45) is 0.316. The van der Waals surface area contributed by atoms with E-state index in [9.17, 15) is 18.0 Å². The van der Waals surface area contributed by atoms with Gasteiger partial charge < -0.3 is 10.2 Å². The first-order valence-corrected chi connectivity index (χ1v) is 14.3. The quantitative estimate of drug-likeness (QED) is 0.352. The fraction of sp³-hybridized carbons (Fsp3) is 0.286. The van der Waals surface area contributed by atoms with Crippen LogP contribution in [0.2, 0.25) is 10.0 Å². The zero-order valence-electron chi connectivity index (χ0n) is 21.7. The van der Waals surface area contributed by atoms with Gasteiger partial charge in [-0.3, -0.25) is 13.9 Å². The topological polar surface area (TPSA) is 86.8 Å². The lowest BCUT2D eigenvalue weighted by molar-refractivity contribution is -0.140. The monoisotopic (exact) mass is 575 g/mol. The molecule has 0 bridgehead atoms. The number of nitrogens with zero attached hydrogens (tertiary/aromatic N) is 2. The molecular formula is C28H31Cl2N3O4S. The van der Waals surface area contributed by atoms with Crippen molar-refractivity contribution in [3.05, 3.63) is 93.5 Å². The summed E-state index contributed by atoms with van der Waals surface area (Å²) in [5.41, 5.74) is 2.53. The molecule has 1 atom stereocenters. The number of hydrogen-bond acceptors (Lipinski definition) is 4. The largest absolute Gasteiger partial charge is 0.357 e. The molecule has 0 aliphatic rings. The van der Waals surface area contributed by atoms with Gasteiger partial charge in [-0.2, -0.15) is 0 Å². The maximum atomic E-state index is 13.9. The number of halogens is 2. The minimum atomic E-state index is -4.17. The summed E-state index contributed by atoms with van der Waals surface area (Å²) in [6, 6.07) is 17.4. The maximum Gasteiger partial charge on any atom is 0.264 e. The highest BCUT2D eigenvalue weighted by Gasteiger charge is 2.33. The van der Waals surface area contributed by atoms with Crippen LogP contribution in [0.15, 0.2) is 71.6 Å². The fourth-order valence-corrected chi connectivity index (χ4v) is 5.78. The number of aryl methyl sites for hydroxylation is 2. The second-order valence-electron chi connectivity index (χ2n) is 8.91. The van der Waals surface area contributed by atoms with Crippen LogP contribution < -0.4 is 9.62 Å². The van der Waals surface area contributed by atoms with Crippen LogP contribution in [0.4, 0.5) is 5.69 Å². The molecule has 0 aliphatic carbocycles. The maximum absolute atomic E-state index is 13.9. The third kappa shape index (κ3) is 6.67. The minimum Gasteiger partial charge on any atom is -0.357 e. The Balaban J connectivity index is 2.10. The van der Waals surface area contributed by atoms with Gasteiger partial charge in [0.05, 0.1) is 10.6 Å². The van der Waals surface area contributed by atoms with Crippen LogP contribution in [0.25, 0.3) is 0 Å². The summed E-state index contributed by atoms with van der Waals surface area (Å²) in [7, 11) is -2.68. The first-order valence-electron chi connectivity index (χ1n) is 12.1. The van der Waals surface area contributed by atoms with Crippen molar-refractivity contribution < 1.29 is 18.0 Å². The Morgan fingerprint density at radius 2 is 1.61 bits per heavy atom. The summed E-state index contributed by atoms with van der Waals surface area (Å²) >= 11 is 12.7. The lowest BCUT2D eigenvalue weighted by Crippen LogP contribution is -2.51. The van der Waals surface area contributed by atoms with E-state index in [1.807, 2.05) is 6.92 Å². The molecule has 202 valence electrons. The van der Waals surface area contributed by atoms with Crippen LogP contribution in [-0.4, -0.2) is 44.8 Å². The summed E-state index contributed by atoms with van der Waals surface area (Å²) in [6.45, 7) is 4.92. The Kier molecular flexibility index (Phi) is 9.82. The SMILES string of the molecule is CC[C@H](C(=O)NC)N(Cc1ccccc1Cl)C(=O)CN(c1ccc(C)c(Cl)c1)S(=O)(=O)c1ccc(C)cc1. The molecule has 0 radical (unpaired) electrons. The van der Waals surface area contributed by atoms with Gasteiger partial charge in [-0.15, -0.1) is 0 Å². The zero-order chi connectivity index (χ0) is 28.0. The van der Waals surface area contributed by atoms with E-state index in [4.69, 9.17) is 23.2 Å². The Morgan fingerprint density at radius 3 is 2.18 bits per heavy atom. The average molecular weight is 577 g/mol. The Hall–Kier alpha value is -3.07. The Labute approximate surface area is 234 Å². The second kappa shape index (κ2) is 12.7. The molecule has 3 aromatic carbocycles. The number of amides is 2. The third-order valence-corrected chi connectivity index (χ3v) is 8.83. The smallest absolute Gasteiger partial charge is 0.264 e. The Bertz CT molecular complexity index is 1410. The normalized spacial score (nSPS) is 12.1. The number of carbonyl (C=O) groups is 2. The number of nitrogens with one attached hydrogen (secondary N) is 1. The first-order chi connectivity index (χ1) is 18.0. The van der Waals surface area contributed by atoms with E-state index in [1.165, 1.54) is 30.1 Å². The van der Waals surface area contributed by atoms with Crippen LogP contribution in [0.3, 0.4) is 0 Å². The van der Waals surface area contributed by atoms with Gasteiger partial charge in [-0.25, -0.2) is 8.42 Å². The van der Waals surface area contributed by atoms with Crippen LogP contribution in [-0.2, 0) is 26.2 Å². The summed E-state index contributed by atoms with van der Waals surface area (Å²) in [5, 5.41) is 3.40. The summed E-state index contributed by atoms with van der Waals surface area (Å²) in [4.78, 5) is 28.1. The molecular weight excluding hydrogens is 545 g/mol. The van der Waals surface area contributed by atoms with Crippen molar-refractivity contribution in [2.24, 2.45) is 0 Å². The van der Waals surface area contributed by atoms with E-state index in [1.54, 1.807) is 62.4 Å². The van der Waals surface area contributed by atoms with Gasteiger partial charge in [0.1, 0.15) is 12.6 Å². The predicted molar refractivity (Wildman–Crippen MR) is 152 cm³/mol. The molecule has 10 heteroatoms. The van der Waals surface area contributed by atoms with Crippen LogP contribution in [0, 0.1) is 13.8 Å². The van der Waals surface area contributed by atoms with Crippen molar-refractivity contribution >= 4 is 50.7 Å². The van der Waals surface area contributed by atoms with Gasteiger partial charge in [-0.05, 0) is 61.7 Å². The number of benzene rings is 3. The molecule has 0 saturated heterocycles.